The second-order valence-corrected chi connectivity index (χ2v) is 7.18. The minimum atomic E-state index is -0.0980. The van der Waals surface area contributed by atoms with Crippen LogP contribution in [-0.4, -0.2) is 33.5 Å². The van der Waals surface area contributed by atoms with E-state index >= 15 is 0 Å². The summed E-state index contributed by atoms with van der Waals surface area (Å²) in [4.78, 5) is 14.4. The van der Waals surface area contributed by atoms with Gasteiger partial charge in [0, 0.05) is 30.1 Å². The lowest BCUT2D eigenvalue weighted by Crippen LogP contribution is -2.41. The zero-order valence-electron chi connectivity index (χ0n) is 14.3. The molecule has 2 heterocycles. The van der Waals surface area contributed by atoms with E-state index in [9.17, 15) is 4.79 Å². The molecule has 0 aliphatic heterocycles. The van der Waals surface area contributed by atoms with Gasteiger partial charge in [-0.3, -0.25) is 4.79 Å². The van der Waals surface area contributed by atoms with E-state index < -0.39 is 0 Å². The molecule has 130 valence electrons. The highest BCUT2D eigenvalue weighted by Crippen LogP contribution is 2.30. The van der Waals surface area contributed by atoms with Crippen LogP contribution in [0.4, 0.5) is 0 Å². The first-order valence-electron chi connectivity index (χ1n) is 8.09. The number of hydrogen-bond donors (Lipinski definition) is 2. The topological polar surface area (TPSA) is 85.8 Å². The summed E-state index contributed by atoms with van der Waals surface area (Å²) in [5.41, 5.74) is 8.88. The maximum Gasteiger partial charge on any atom is 0.261 e. The quantitative estimate of drug-likeness (QED) is 0.709. The summed E-state index contributed by atoms with van der Waals surface area (Å²) in [7, 11) is 1.84. The van der Waals surface area contributed by atoms with Crippen LogP contribution in [0.3, 0.4) is 0 Å². The number of nitrogens with one attached hydrogen (secondary N) is 1. The molecule has 0 aliphatic rings. The first-order valence-corrected chi connectivity index (χ1v) is 8.90. The molecule has 0 spiro atoms. The maximum atomic E-state index is 12.6. The molecule has 1 amide bonds. The van der Waals surface area contributed by atoms with Crippen molar-refractivity contribution in [1.82, 2.24) is 20.3 Å². The SMILES string of the molecule is Cc1sc(C(=O)NC(CN)Cc2ccccc2)cc1-c1cnnn1C. The Labute approximate surface area is 150 Å². The number of nitrogens with zero attached hydrogens (tertiary/aromatic N) is 3. The summed E-state index contributed by atoms with van der Waals surface area (Å²) < 4.78 is 1.70. The van der Waals surface area contributed by atoms with Gasteiger partial charge in [0.1, 0.15) is 0 Å². The number of amides is 1. The van der Waals surface area contributed by atoms with Gasteiger partial charge in [0.05, 0.1) is 16.8 Å². The van der Waals surface area contributed by atoms with E-state index in [0.29, 0.717) is 17.8 Å². The van der Waals surface area contributed by atoms with Crippen LogP contribution in [0.2, 0.25) is 0 Å². The van der Waals surface area contributed by atoms with E-state index in [2.05, 4.69) is 15.6 Å². The first kappa shape index (κ1) is 17.3. The Kier molecular flexibility index (Phi) is 5.25. The molecule has 3 aromatic rings. The van der Waals surface area contributed by atoms with Gasteiger partial charge in [0.25, 0.3) is 5.91 Å². The molecule has 0 aliphatic carbocycles. The predicted molar refractivity (Wildman–Crippen MR) is 99.5 cm³/mol. The van der Waals surface area contributed by atoms with Gasteiger partial charge in [-0.1, -0.05) is 35.5 Å². The van der Waals surface area contributed by atoms with Gasteiger partial charge in [0.15, 0.2) is 0 Å². The minimum Gasteiger partial charge on any atom is -0.347 e. The number of aryl methyl sites for hydroxylation is 2. The van der Waals surface area contributed by atoms with Crippen molar-refractivity contribution in [3.63, 3.8) is 0 Å². The van der Waals surface area contributed by atoms with Crippen LogP contribution in [-0.2, 0) is 13.5 Å². The third-order valence-corrected chi connectivity index (χ3v) is 5.13. The van der Waals surface area contributed by atoms with Crippen LogP contribution in [0.5, 0.6) is 0 Å². The van der Waals surface area contributed by atoms with Gasteiger partial charge in [-0.05, 0) is 25.0 Å². The standard InChI is InChI=1S/C18H21N5OS/c1-12-15(16-11-20-22-23(16)2)9-17(25-12)18(24)21-14(10-19)8-13-6-4-3-5-7-13/h3-7,9,11,14H,8,10,19H2,1-2H3,(H,21,24). The second-order valence-electron chi connectivity index (χ2n) is 5.92. The Morgan fingerprint density at radius 3 is 2.76 bits per heavy atom. The average molecular weight is 355 g/mol. The normalized spacial score (nSPS) is 12.1. The van der Waals surface area contributed by atoms with Crippen molar-refractivity contribution in [2.75, 3.05) is 6.54 Å². The average Bonchev–Trinajstić information content (AvgIpc) is 3.20. The van der Waals surface area contributed by atoms with Gasteiger partial charge in [0.2, 0.25) is 0 Å². The molecule has 0 saturated heterocycles. The highest BCUT2D eigenvalue weighted by molar-refractivity contribution is 7.14. The molecule has 1 atom stereocenters. The number of benzene rings is 1. The van der Waals surface area contributed by atoms with Crippen molar-refractivity contribution < 1.29 is 4.79 Å². The fraction of sp³-hybridized carbons (Fsp3) is 0.278. The van der Waals surface area contributed by atoms with E-state index in [4.69, 9.17) is 5.73 Å². The first-order chi connectivity index (χ1) is 12.1. The molecule has 0 radical (unpaired) electrons. The maximum absolute atomic E-state index is 12.6. The lowest BCUT2D eigenvalue weighted by Gasteiger charge is -2.16. The fourth-order valence-corrected chi connectivity index (χ4v) is 3.66. The highest BCUT2D eigenvalue weighted by Gasteiger charge is 2.18. The van der Waals surface area contributed by atoms with Crippen LogP contribution < -0.4 is 11.1 Å². The molecule has 0 saturated carbocycles. The van der Waals surface area contributed by atoms with Gasteiger partial charge in [-0.2, -0.15) is 0 Å². The van der Waals surface area contributed by atoms with Crippen LogP contribution in [0, 0.1) is 6.92 Å². The Bertz CT molecular complexity index is 855. The molecular weight excluding hydrogens is 334 g/mol. The molecule has 3 N–H and O–H groups in total. The van der Waals surface area contributed by atoms with Crippen molar-refractivity contribution in [2.24, 2.45) is 12.8 Å². The van der Waals surface area contributed by atoms with Gasteiger partial charge in [-0.25, -0.2) is 4.68 Å². The summed E-state index contributed by atoms with van der Waals surface area (Å²) in [6.45, 7) is 2.39. The molecule has 0 fully saturated rings. The number of thiophene rings is 1. The van der Waals surface area contributed by atoms with Crippen molar-refractivity contribution in [3.8, 4) is 11.3 Å². The molecule has 3 rings (SSSR count). The van der Waals surface area contributed by atoms with E-state index in [1.165, 1.54) is 11.3 Å². The number of hydrogen-bond acceptors (Lipinski definition) is 5. The highest BCUT2D eigenvalue weighted by atomic mass is 32.1. The van der Waals surface area contributed by atoms with E-state index in [1.807, 2.05) is 50.4 Å². The van der Waals surface area contributed by atoms with E-state index in [0.717, 1.165) is 21.7 Å². The smallest absolute Gasteiger partial charge is 0.261 e. The van der Waals surface area contributed by atoms with Gasteiger partial charge >= 0.3 is 0 Å². The Hall–Kier alpha value is -2.51. The predicted octanol–water partition coefficient (Wildman–Crippen LogP) is 2.15. The zero-order valence-corrected chi connectivity index (χ0v) is 15.1. The third-order valence-electron chi connectivity index (χ3n) is 4.08. The number of nitrogens with two attached hydrogens (primary N) is 1. The number of carbonyl (C=O) groups is 1. The summed E-state index contributed by atoms with van der Waals surface area (Å²) >= 11 is 1.47. The number of aromatic nitrogens is 3. The Morgan fingerprint density at radius 1 is 1.36 bits per heavy atom. The Morgan fingerprint density at radius 2 is 2.12 bits per heavy atom. The molecule has 25 heavy (non-hydrogen) atoms. The monoisotopic (exact) mass is 355 g/mol. The van der Waals surface area contributed by atoms with E-state index in [1.54, 1.807) is 10.9 Å². The summed E-state index contributed by atoms with van der Waals surface area (Å²) in [6, 6.07) is 11.8. The summed E-state index contributed by atoms with van der Waals surface area (Å²) in [5.74, 6) is -0.0964. The van der Waals surface area contributed by atoms with Gasteiger partial charge < -0.3 is 11.1 Å². The zero-order chi connectivity index (χ0) is 17.8. The van der Waals surface area contributed by atoms with Crippen LogP contribution in [0.25, 0.3) is 11.3 Å². The fourth-order valence-electron chi connectivity index (χ4n) is 2.73. The van der Waals surface area contributed by atoms with Crippen molar-refractivity contribution >= 4 is 17.2 Å². The molecule has 1 unspecified atom stereocenters. The molecule has 6 nitrogen and oxygen atoms in total. The lowest BCUT2D eigenvalue weighted by molar-refractivity contribution is 0.0942. The van der Waals surface area contributed by atoms with Crippen LogP contribution >= 0.6 is 11.3 Å². The Balaban J connectivity index is 1.73. The second kappa shape index (κ2) is 7.58. The molecule has 0 bridgehead atoms. The van der Waals surface area contributed by atoms with Crippen molar-refractivity contribution in [3.05, 3.63) is 57.9 Å². The largest absolute Gasteiger partial charge is 0.347 e. The van der Waals surface area contributed by atoms with Crippen LogP contribution in [0.15, 0.2) is 42.6 Å². The minimum absolute atomic E-state index is 0.0964. The molecule has 2 aromatic heterocycles. The number of rotatable bonds is 6. The lowest BCUT2D eigenvalue weighted by atomic mass is 10.1. The van der Waals surface area contributed by atoms with Crippen molar-refractivity contribution in [2.45, 2.75) is 19.4 Å². The van der Waals surface area contributed by atoms with Gasteiger partial charge in [-0.15, -0.1) is 16.4 Å². The van der Waals surface area contributed by atoms with E-state index in [-0.39, 0.29) is 11.9 Å². The molecular formula is C18H21N5OS. The molecule has 7 heteroatoms. The molecule has 1 aromatic carbocycles. The summed E-state index contributed by atoms with van der Waals surface area (Å²) in [5, 5.41) is 10.9. The number of carbonyl (C=O) groups excluding carboxylic acids is 1. The van der Waals surface area contributed by atoms with Crippen LogP contribution in [0.1, 0.15) is 20.1 Å². The van der Waals surface area contributed by atoms with Crippen molar-refractivity contribution in [1.29, 1.82) is 0 Å². The third kappa shape index (κ3) is 3.94. The summed E-state index contributed by atoms with van der Waals surface area (Å²) in [6.07, 6.45) is 2.42.